The summed E-state index contributed by atoms with van der Waals surface area (Å²) in [6.07, 6.45) is 7.35. The lowest BCUT2D eigenvalue weighted by atomic mass is 10.0. The molecule has 1 rings (SSSR count). The number of likely N-dealkylation sites (N-methyl/N-ethyl adjacent to an activating group) is 1. The van der Waals surface area contributed by atoms with Gasteiger partial charge in [-0.05, 0) is 6.42 Å². The first-order valence-electron chi connectivity index (χ1n) is 7.64. The van der Waals surface area contributed by atoms with Crippen molar-refractivity contribution in [3.63, 3.8) is 0 Å². The first-order chi connectivity index (χ1) is 9.57. The van der Waals surface area contributed by atoms with E-state index in [1.807, 2.05) is 0 Å². The van der Waals surface area contributed by atoms with E-state index in [4.69, 9.17) is 9.84 Å². The number of amides is 1. The molecule has 1 amide bonds. The van der Waals surface area contributed by atoms with Gasteiger partial charge >= 0.3 is 5.97 Å². The lowest BCUT2D eigenvalue weighted by molar-refractivity contribution is -0.144. The highest BCUT2D eigenvalue weighted by atomic mass is 16.5. The van der Waals surface area contributed by atoms with Crippen LogP contribution in [0.2, 0.25) is 0 Å². The Labute approximate surface area is 121 Å². The average Bonchev–Trinajstić information content (AvgIpc) is 2.91. The Morgan fingerprint density at radius 1 is 1.15 bits per heavy atom. The van der Waals surface area contributed by atoms with Crippen LogP contribution in [0.15, 0.2) is 0 Å². The largest absolute Gasteiger partial charge is 0.481 e. The minimum absolute atomic E-state index is 0.0299. The van der Waals surface area contributed by atoms with Gasteiger partial charge in [0.1, 0.15) is 5.92 Å². The van der Waals surface area contributed by atoms with Crippen LogP contribution in [-0.2, 0) is 14.3 Å². The smallest absolute Gasteiger partial charge is 0.311 e. The Kier molecular flexibility index (Phi) is 7.59. The molecule has 0 radical (unpaired) electrons. The second-order valence-electron chi connectivity index (χ2n) is 5.57. The normalized spacial score (nSPS) is 21.9. The minimum Gasteiger partial charge on any atom is -0.481 e. The third kappa shape index (κ3) is 5.12. The van der Waals surface area contributed by atoms with Crippen molar-refractivity contribution in [3.8, 4) is 0 Å². The summed E-state index contributed by atoms with van der Waals surface area (Å²) in [4.78, 5) is 24.7. The zero-order chi connectivity index (χ0) is 15.0. The van der Waals surface area contributed by atoms with E-state index in [1.165, 1.54) is 25.7 Å². The molecule has 116 valence electrons. The summed E-state index contributed by atoms with van der Waals surface area (Å²) < 4.78 is 5.20. The average molecular weight is 285 g/mol. The number of unbranched alkanes of at least 4 members (excludes halogenated alkanes) is 5. The molecule has 0 aromatic heterocycles. The van der Waals surface area contributed by atoms with E-state index in [2.05, 4.69) is 6.92 Å². The number of carbonyl (C=O) groups excluding carboxylic acids is 1. The Morgan fingerprint density at radius 2 is 1.80 bits per heavy atom. The van der Waals surface area contributed by atoms with Crippen molar-refractivity contribution in [2.45, 2.75) is 57.9 Å². The molecule has 2 atom stereocenters. The molecule has 1 N–H and O–H groups in total. The van der Waals surface area contributed by atoms with Crippen LogP contribution in [-0.4, -0.2) is 48.2 Å². The van der Waals surface area contributed by atoms with E-state index < -0.39 is 11.9 Å². The Bertz CT molecular complexity index is 319. The zero-order valence-corrected chi connectivity index (χ0v) is 12.6. The van der Waals surface area contributed by atoms with Crippen LogP contribution in [0.4, 0.5) is 0 Å². The number of rotatable bonds is 9. The number of carboxylic acids is 1. The maximum absolute atomic E-state index is 12.1. The van der Waals surface area contributed by atoms with Crippen molar-refractivity contribution < 1.29 is 19.4 Å². The monoisotopic (exact) mass is 285 g/mol. The van der Waals surface area contributed by atoms with Gasteiger partial charge in [0, 0.05) is 13.5 Å². The fraction of sp³-hybridized carbons (Fsp3) is 0.867. The van der Waals surface area contributed by atoms with Crippen molar-refractivity contribution in [2.24, 2.45) is 5.92 Å². The van der Waals surface area contributed by atoms with Gasteiger partial charge in [-0.2, -0.15) is 0 Å². The highest BCUT2D eigenvalue weighted by Crippen LogP contribution is 2.20. The van der Waals surface area contributed by atoms with Crippen LogP contribution >= 0.6 is 0 Å². The molecule has 0 spiro atoms. The molecule has 20 heavy (non-hydrogen) atoms. The minimum atomic E-state index is -0.883. The summed E-state index contributed by atoms with van der Waals surface area (Å²) in [5.41, 5.74) is 0. The molecule has 0 aromatic carbocycles. The molecular weight excluding hydrogens is 258 g/mol. The summed E-state index contributed by atoms with van der Waals surface area (Å²) in [6.45, 7) is 2.71. The molecule has 0 aromatic rings. The number of ether oxygens (including phenoxy) is 1. The van der Waals surface area contributed by atoms with Gasteiger partial charge in [-0.3, -0.25) is 9.59 Å². The molecule has 2 unspecified atom stereocenters. The molecule has 5 nitrogen and oxygen atoms in total. The molecular formula is C15H27NO4. The number of carboxylic acid groups (broad SMARTS) is 1. The van der Waals surface area contributed by atoms with E-state index >= 15 is 0 Å². The maximum Gasteiger partial charge on any atom is 0.311 e. The lowest BCUT2D eigenvalue weighted by Crippen LogP contribution is -2.44. The van der Waals surface area contributed by atoms with Gasteiger partial charge in [-0.1, -0.05) is 39.0 Å². The molecule has 5 heteroatoms. The number of hydrogen-bond acceptors (Lipinski definition) is 3. The maximum atomic E-state index is 12.1. The SMILES string of the molecule is CCCCCCCCC(=O)N(C)C1COCC1C(=O)O. The van der Waals surface area contributed by atoms with Gasteiger partial charge in [0.25, 0.3) is 0 Å². The fourth-order valence-electron chi connectivity index (χ4n) is 2.58. The van der Waals surface area contributed by atoms with Crippen LogP contribution in [0.25, 0.3) is 0 Å². The molecule has 1 aliphatic heterocycles. The standard InChI is InChI=1S/C15H27NO4/c1-3-4-5-6-7-8-9-14(17)16(2)13-11-20-10-12(13)15(18)19/h12-13H,3-11H2,1-2H3,(H,18,19). The zero-order valence-electron chi connectivity index (χ0n) is 12.6. The van der Waals surface area contributed by atoms with Crippen LogP contribution < -0.4 is 0 Å². The van der Waals surface area contributed by atoms with E-state index in [0.29, 0.717) is 13.0 Å². The molecule has 1 fully saturated rings. The van der Waals surface area contributed by atoms with Crippen LogP contribution in [0.1, 0.15) is 51.9 Å². The van der Waals surface area contributed by atoms with E-state index in [1.54, 1.807) is 11.9 Å². The fourth-order valence-corrected chi connectivity index (χ4v) is 2.58. The third-order valence-electron chi connectivity index (χ3n) is 4.00. The summed E-state index contributed by atoms with van der Waals surface area (Å²) in [6, 6.07) is -0.319. The van der Waals surface area contributed by atoms with Crippen LogP contribution in [0.5, 0.6) is 0 Å². The molecule has 1 saturated heterocycles. The predicted molar refractivity (Wildman–Crippen MR) is 76.5 cm³/mol. The topological polar surface area (TPSA) is 66.8 Å². The van der Waals surface area contributed by atoms with Crippen molar-refractivity contribution >= 4 is 11.9 Å². The highest BCUT2D eigenvalue weighted by molar-refractivity contribution is 5.78. The van der Waals surface area contributed by atoms with Crippen LogP contribution in [0.3, 0.4) is 0 Å². The quantitative estimate of drug-likeness (QED) is 0.660. The Hall–Kier alpha value is -1.10. The lowest BCUT2D eigenvalue weighted by Gasteiger charge is -2.26. The Morgan fingerprint density at radius 3 is 2.45 bits per heavy atom. The Balaban J connectivity index is 2.26. The second kappa shape index (κ2) is 8.95. The van der Waals surface area contributed by atoms with Crippen molar-refractivity contribution in [1.82, 2.24) is 4.90 Å². The van der Waals surface area contributed by atoms with E-state index in [0.717, 1.165) is 12.8 Å². The van der Waals surface area contributed by atoms with Gasteiger partial charge in [0.05, 0.1) is 19.3 Å². The van der Waals surface area contributed by atoms with Gasteiger partial charge < -0.3 is 14.7 Å². The molecule has 0 bridgehead atoms. The first-order valence-corrected chi connectivity index (χ1v) is 7.64. The number of aliphatic carboxylic acids is 1. The molecule has 0 aliphatic carbocycles. The summed E-state index contributed by atoms with van der Waals surface area (Å²) >= 11 is 0. The van der Waals surface area contributed by atoms with Crippen molar-refractivity contribution in [1.29, 1.82) is 0 Å². The van der Waals surface area contributed by atoms with Crippen LogP contribution in [0, 0.1) is 5.92 Å². The second-order valence-corrected chi connectivity index (χ2v) is 5.57. The highest BCUT2D eigenvalue weighted by Gasteiger charge is 2.38. The van der Waals surface area contributed by atoms with Gasteiger partial charge in [-0.25, -0.2) is 0 Å². The van der Waals surface area contributed by atoms with E-state index in [-0.39, 0.29) is 18.6 Å². The molecule has 0 saturated carbocycles. The number of hydrogen-bond donors (Lipinski definition) is 1. The van der Waals surface area contributed by atoms with Crippen molar-refractivity contribution in [2.75, 3.05) is 20.3 Å². The molecule has 1 aliphatic rings. The van der Waals surface area contributed by atoms with Gasteiger partial charge in [0.15, 0.2) is 0 Å². The van der Waals surface area contributed by atoms with Gasteiger partial charge in [0.2, 0.25) is 5.91 Å². The number of nitrogens with zero attached hydrogens (tertiary/aromatic N) is 1. The van der Waals surface area contributed by atoms with Crippen molar-refractivity contribution in [3.05, 3.63) is 0 Å². The van der Waals surface area contributed by atoms with Gasteiger partial charge in [-0.15, -0.1) is 0 Å². The summed E-state index contributed by atoms with van der Waals surface area (Å²) in [5.74, 6) is -1.44. The van der Waals surface area contributed by atoms with E-state index in [9.17, 15) is 9.59 Å². The first kappa shape index (κ1) is 17.0. The number of carbonyl (C=O) groups is 2. The summed E-state index contributed by atoms with van der Waals surface area (Å²) in [5, 5.41) is 9.09. The third-order valence-corrected chi connectivity index (χ3v) is 4.00. The molecule has 1 heterocycles. The summed E-state index contributed by atoms with van der Waals surface area (Å²) in [7, 11) is 1.69. The predicted octanol–water partition coefficient (Wildman–Crippen LogP) is 2.29.